The van der Waals surface area contributed by atoms with Crippen molar-refractivity contribution < 1.29 is 9.53 Å². The zero-order valence-corrected chi connectivity index (χ0v) is 12.6. The molecular formula is C17H21N3O2. The maximum atomic E-state index is 12.0. The largest absolute Gasteiger partial charge is 0.379 e. The van der Waals surface area contributed by atoms with Crippen molar-refractivity contribution in [3.05, 3.63) is 48.3 Å². The fraction of sp³-hybridized carbons (Fsp3) is 0.412. The van der Waals surface area contributed by atoms with Gasteiger partial charge < -0.3 is 10.1 Å². The lowest BCUT2D eigenvalue weighted by molar-refractivity contribution is -0.116. The van der Waals surface area contributed by atoms with Crippen molar-refractivity contribution in [1.82, 2.24) is 9.78 Å². The van der Waals surface area contributed by atoms with Gasteiger partial charge in [-0.25, -0.2) is 0 Å². The summed E-state index contributed by atoms with van der Waals surface area (Å²) in [6.45, 7) is 1.48. The van der Waals surface area contributed by atoms with Crippen molar-refractivity contribution >= 4 is 11.6 Å². The van der Waals surface area contributed by atoms with E-state index in [-0.39, 0.29) is 5.91 Å². The number of ether oxygens (including phenoxy) is 1. The van der Waals surface area contributed by atoms with E-state index in [1.165, 1.54) is 5.56 Å². The lowest BCUT2D eigenvalue weighted by atomic mass is 10.1. The third-order valence-corrected chi connectivity index (χ3v) is 3.88. The summed E-state index contributed by atoms with van der Waals surface area (Å²) in [6.07, 6.45) is 6.86. The Kier molecular flexibility index (Phi) is 4.85. The van der Waals surface area contributed by atoms with Crippen LogP contribution in [0.3, 0.4) is 0 Å². The molecule has 1 N–H and O–H groups in total. The van der Waals surface area contributed by atoms with Crippen LogP contribution in [0.15, 0.2) is 42.7 Å². The van der Waals surface area contributed by atoms with Crippen LogP contribution >= 0.6 is 0 Å². The minimum atomic E-state index is 0.0400. The predicted octanol–water partition coefficient (Wildman–Crippen LogP) is 2.81. The molecule has 1 aromatic heterocycles. The van der Waals surface area contributed by atoms with Gasteiger partial charge in [-0.15, -0.1) is 0 Å². The maximum Gasteiger partial charge on any atom is 0.224 e. The van der Waals surface area contributed by atoms with E-state index < -0.39 is 0 Å². The van der Waals surface area contributed by atoms with Gasteiger partial charge in [0.1, 0.15) is 0 Å². The van der Waals surface area contributed by atoms with E-state index in [0.717, 1.165) is 31.6 Å². The first kappa shape index (κ1) is 14.8. The summed E-state index contributed by atoms with van der Waals surface area (Å²) in [4.78, 5) is 12.0. The number of nitrogens with one attached hydrogen (secondary N) is 1. The monoisotopic (exact) mass is 299 g/mol. The number of hydrogen-bond acceptors (Lipinski definition) is 3. The minimum Gasteiger partial charge on any atom is -0.379 e. The Bertz CT molecular complexity index is 603. The highest BCUT2D eigenvalue weighted by Gasteiger charge is 2.18. The Balaban J connectivity index is 1.43. The molecule has 1 aliphatic heterocycles. The number of aryl methyl sites for hydroxylation is 1. The third-order valence-electron chi connectivity index (χ3n) is 3.88. The molecule has 2 aromatic rings. The molecule has 116 valence electrons. The molecule has 5 nitrogen and oxygen atoms in total. The van der Waals surface area contributed by atoms with Gasteiger partial charge in [-0.05, 0) is 24.8 Å². The van der Waals surface area contributed by atoms with Gasteiger partial charge in [-0.3, -0.25) is 9.48 Å². The van der Waals surface area contributed by atoms with Gasteiger partial charge in [0, 0.05) is 19.2 Å². The van der Waals surface area contributed by atoms with Gasteiger partial charge >= 0.3 is 0 Å². The number of carbonyl (C=O) groups is 1. The second kappa shape index (κ2) is 7.22. The van der Waals surface area contributed by atoms with Crippen LogP contribution in [0.5, 0.6) is 0 Å². The number of hydrogen-bond donors (Lipinski definition) is 1. The maximum absolute atomic E-state index is 12.0. The van der Waals surface area contributed by atoms with Gasteiger partial charge in [0.15, 0.2) is 0 Å². The predicted molar refractivity (Wildman–Crippen MR) is 84.7 cm³/mol. The topological polar surface area (TPSA) is 56.2 Å². The number of rotatable bonds is 6. The van der Waals surface area contributed by atoms with Crippen molar-refractivity contribution in [3.63, 3.8) is 0 Å². The molecule has 2 heterocycles. The molecule has 0 saturated carbocycles. The summed E-state index contributed by atoms with van der Waals surface area (Å²) in [5.41, 5.74) is 2.03. The number of anilines is 1. The van der Waals surface area contributed by atoms with Crippen LogP contribution in [0.1, 0.15) is 30.9 Å². The summed E-state index contributed by atoms with van der Waals surface area (Å²) < 4.78 is 7.23. The molecule has 0 bridgehead atoms. The summed E-state index contributed by atoms with van der Waals surface area (Å²) in [7, 11) is 0. The van der Waals surface area contributed by atoms with Crippen LogP contribution in [-0.4, -0.2) is 28.9 Å². The van der Waals surface area contributed by atoms with E-state index >= 15 is 0 Å². The van der Waals surface area contributed by atoms with E-state index in [1.807, 2.05) is 29.1 Å². The van der Waals surface area contributed by atoms with Crippen molar-refractivity contribution in [2.45, 2.75) is 31.7 Å². The number of aromatic nitrogens is 2. The van der Waals surface area contributed by atoms with Crippen LogP contribution in [0, 0.1) is 0 Å². The Morgan fingerprint density at radius 1 is 1.36 bits per heavy atom. The highest BCUT2D eigenvalue weighted by Crippen LogP contribution is 2.19. The fourth-order valence-electron chi connectivity index (χ4n) is 2.65. The van der Waals surface area contributed by atoms with E-state index in [4.69, 9.17) is 4.74 Å². The summed E-state index contributed by atoms with van der Waals surface area (Å²) in [6, 6.07) is 10.5. The molecule has 1 atom stereocenters. The smallest absolute Gasteiger partial charge is 0.224 e. The average molecular weight is 299 g/mol. The van der Waals surface area contributed by atoms with Crippen molar-refractivity contribution in [2.24, 2.45) is 0 Å². The number of nitrogens with zero attached hydrogens (tertiary/aromatic N) is 2. The van der Waals surface area contributed by atoms with E-state index in [1.54, 1.807) is 6.20 Å². The summed E-state index contributed by atoms with van der Waals surface area (Å²) in [5.74, 6) is 0.0400. The lowest BCUT2D eigenvalue weighted by Gasteiger charge is -2.07. The second-order valence-corrected chi connectivity index (χ2v) is 5.61. The van der Waals surface area contributed by atoms with E-state index in [2.05, 4.69) is 22.5 Å². The second-order valence-electron chi connectivity index (χ2n) is 5.61. The molecule has 1 aliphatic rings. The Morgan fingerprint density at radius 2 is 2.23 bits per heavy atom. The normalized spacial score (nSPS) is 17.5. The fourth-order valence-corrected chi connectivity index (χ4v) is 2.65. The van der Waals surface area contributed by atoms with Gasteiger partial charge in [-0.2, -0.15) is 5.10 Å². The molecular weight excluding hydrogens is 278 g/mol. The zero-order chi connectivity index (χ0) is 15.2. The van der Waals surface area contributed by atoms with Gasteiger partial charge in [-0.1, -0.05) is 30.3 Å². The molecule has 0 aliphatic carbocycles. The highest BCUT2D eigenvalue weighted by atomic mass is 16.5. The molecule has 1 aromatic carbocycles. The molecule has 5 heteroatoms. The van der Waals surface area contributed by atoms with Crippen molar-refractivity contribution in [2.75, 3.05) is 18.5 Å². The van der Waals surface area contributed by atoms with E-state index in [9.17, 15) is 4.79 Å². The van der Waals surface area contributed by atoms with Gasteiger partial charge in [0.05, 0.1) is 24.5 Å². The first-order chi connectivity index (χ1) is 10.8. The highest BCUT2D eigenvalue weighted by molar-refractivity contribution is 5.90. The van der Waals surface area contributed by atoms with Crippen LogP contribution in [-0.2, 0) is 16.0 Å². The van der Waals surface area contributed by atoms with E-state index in [0.29, 0.717) is 19.1 Å². The summed E-state index contributed by atoms with van der Waals surface area (Å²) in [5, 5.41) is 7.21. The number of carbonyl (C=O) groups excluding carboxylic acids is 1. The quantitative estimate of drug-likeness (QED) is 0.892. The molecule has 0 radical (unpaired) electrons. The minimum absolute atomic E-state index is 0.0400. The SMILES string of the molecule is O=C(CCCc1ccccc1)Nc1cnn([C@H]2CCOC2)c1. The Hall–Kier alpha value is -2.14. The third kappa shape index (κ3) is 3.95. The number of amides is 1. The van der Waals surface area contributed by atoms with Gasteiger partial charge in [0.25, 0.3) is 0 Å². The molecule has 1 amide bonds. The molecule has 0 spiro atoms. The van der Waals surface area contributed by atoms with Crippen molar-refractivity contribution in [3.8, 4) is 0 Å². The molecule has 22 heavy (non-hydrogen) atoms. The van der Waals surface area contributed by atoms with Gasteiger partial charge in [0.2, 0.25) is 5.91 Å². The molecule has 1 fully saturated rings. The number of benzene rings is 1. The first-order valence-electron chi connectivity index (χ1n) is 7.77. The van der Waals surface area contributed by atoms with Crippen molar-refractivity contribution in [1.29, 1.82) is 0 Å². The first-order valence-corrected chi connectivity index (χ1v) is 7.77. The summed E-state index contributed by atoms with van der Waals surface area (Å²) >= 11 is 0. The Labute approximate surface area is 130 Å². The lowest BCUT2D eigenvalue weighted by Crippen LogP contribution is -2.11. The van der Waals surface area contributed by atoms with Crippen LogP contribution < -0.4 is 5.32 Å². The molecule has 1 saturated heterocycles. The molecule has 3 rings (SSSR count). The standard InChI is InChI=1S/C17H21N3O2/c21-17(8-4-7-14-5-2-1-3-6-14)19-15-11-18-20(12-15)16-9-10-22-13-16/h1-3,5-6,11-12,16H,4,7-10,13H2,(H,19,21)/t16-/m0/s1. The Morgan fingerprint density at radius 3 is 3.00 bits per heavy atom. The molecule has 0 unspecified atom stereocenters. The van der Waals surface area contributed by atoms with Crippen LogP contribution in [0.25, 0.3) is 0 Å². The van der Waals surface area contributed by atoms with Crippen LogP contribution in [0.4, 0.5) is 5.69 Å². The average Bonchev–Trinajstić information content (AvgIpc) is 3.19. The van der Waals surface area contributed by atoms with Crippen LogP contribution in [0.2, 0.25) is 0 Å². The zero-order valence-electron chi connectivity index (χ0n) is 12.6.